The molecule has 0 spiro atoms. The molecule has 0 saturated heterocycles. The third kappa shape index (κ3) is 3.59. The maximum Gasteiger partial charge on any atom is 0.328 e. The molecule has 6 heteroatoms. The quantitative estimate of drug-likeness (QED) is 0.823. The highest BCUT2D eigenvalue weighted by Gasteiger charge is 2.22. The lowest BCUT2D eigenvalue weighted by Crippen LogP contribution is -2.29. The second-order valence-electron chi connectivity index (χ2n) is 5.76. The molecule has 6 nitrogen and oxygen atoms in total. The van der Waals surface area contributed by atoms with Crippen molar-refractivity contribution in [2.75, 3.05) is 24.8 Å². The smallest absolute Gasteiger partial charge is 0.328 e. The maximum atomic E-state index is 11.5. The average molecular weight is 280 g/mol. The number of nitrogens with one attached hydrogen (secondary N) is 2. The standard InChI is InChI=1S/C14H24N4O2/c1-8-10(15-6)17-13(14(3,4)5)18-11(8)16-9(2)12(19)20-7/h9H,1-7H3,(H2,15,16,17,18). The van der Waals surface area contributed by atoms with Gasteiger partial charge >= 0.3 is 5.97 Å². The second-order valence-corrected chi connectivity index (χ2v) is 5.76. The zero-order valence-corrected chi connectivity index (χ0v) is 13.3. The van der Waals surface area contributed by atoms with Crippen LogP contribution in [0.1, 0.15) is 39.1 Å². The third-order valence-electron chi connectivity index (χ3n) is 2.96. The molecule has 1 aromatic rings. The molecule has 2 N–H and O–H groups in total. The monoisotopic (exact) mass is 280 g/mol. The summed E-state index contributed by atoms with van der Waals surface area (Å²) in [6.07, 6.45) is 0. The summed E-state index contributed by atoms with van der Waals surface area (Å²) in [5, 5.41) is 6.14. The van der Waals surface area contributed by atoms with Crippen LogP contribution in [0.25, 0.3) is 0 Å². The zero-order valence-electron chi connectivity index (χ0n) is 13.3. The van der Waals surface area contributed by atoms with Gasteiger partial charge in [0.25, 0.3) is 0 Å². The van der Waals surface area contributed by atoms with Gasteiger partial charge in [0.2, 0.25) is 0 Å². The Bertz CT molecular complexity index is 495. The Hall–Kier alpha value is -1.85. The fourth-order valence-corrected chi connectivity index (χ4v) is 1.68. The molecule has 0 fully saturated rings. The number of hydrogen-bond acceptors (Lipinski definition) is 6. The van der Waals surface area contributed by atoms with Crippen LogP contribution in [0.15, 0.2) is 0 Å². The molecule has 0 aromatic carbocycles. The number of aromatic nitrogens is 2. The number of esters is 1. The first-order valence-electron chi connectivity index (χ1n) is 6.62. The molecule has 1 aromatic heterocycles. The van der Waals surface area contributed by atoms with Gasteiger partial charge in [-0.2, -0.15) is 0 Å². The molecule has 0 bridgehead atoms. The topological polar surface area (TPSA) is 76.1 Å². The van der Waals surface area contributed by atoms with E-state index in [0.29, 0.717) is 11.6 Å². The lowest BCUT2D eigenvalue weighted by Gasteiger charge is -2.22. The molecule has 0 radical (unpaired) electrons. The van der Waals surface area contributed by atoms with E-state index in [1.165, 1.54) is 7.11 Å². The Balaban J connectivity index is 3.21. The summed E-state index contributed by atoms with van der Waals surface area (Å²) in [4.78, 5) is 20.6. The van der Waals surface area contributed by atoms with Crippen LogP contribution in [-0.4, -0.2) is 36.1 Å². The zero-order chi connectivity index (χ0) is 15.5. The molecule has 0 aliphatic heterocycles. The first kappa shape index (κ1) is 16.2. The molecule has 112 valence electrons. The molecular weight excluding hydrogens is 256 g/mol. The summed E-state index contributed by atoms with van der Waals surface area (Å²) in [7, 11) is 3.18. The molecule has 1 rings (SSSR count). The molecule has 1 unspecified atom stereocenters. The highest BCUT2D eigenvalue weighted by molar-refractivity contribution is 5.79. The van der Waals surface area contributed by atoms with Gasteiger partial charge in [0, 0.05) is 18.0 Å². The lowest BCUT2D eigenvalue weighted by molar-refractivity contribution is -0.141. The van der Waals surface area contributed by atoms with Crippen LogP contribution in [-0.2, 0) is 14.9 Å². The van der Waals surface area contributed by atoms with Crippen LogP contribution in [0.4, 0.5) is 11.6 Å². The third-order valence-corrected chi connectivity index (χ3v) is 2.96. The van der Waals surface area contributed by atoms with E-state index in [1.54, 1.807) is 6.92 Å². The van der Waals surface area contributed by atoms with Gasteiger partial charge in [-0.15, -0.1) is 0 Å². The largest absolute Gasteiger partial charge is 0.467 e. The highest BCUT2D eigenvalue weighted by Crippen LogP contribution is 2.26. The maximum absolute atomic E-state index is 11.5. The van der Waals surface area contributed by atoms with Crippen LogP contribution < -0.4 is 10.6 Å². The van der Waals surface area contributed by atoms with Crippen LogP contribution in [0, 0.1) is 6.92 Å². The lowest BCUT2D eigenvalue weighted by atomic mass is 9.95. The van der Waals surface area contributed by atoms with Gasteiger partial charge in [0.1, 0.15) is 23.5 Å². The SMILES string of the molecule is CNc1nc(C(C)(C)C)nc(NC(C)C(=O)OC)c1C. The number of methoxy groups -OCH3 is 1. The van der Waals surface area contributed by atoms with Crippen molar-refractivity contribution in [3.63, 3.8) is 0 Å². The number of rotatable bonds is 4. The summed E-state index contributed by atoms with van der Waals surface area (Å²) in [5.41, 5.74) is 0.695. The van der Waals surface area contributed by atoms with Gasteiger partial charge in [0.15, 0.2) is 0 Å². The Morgan fingerprint density at radius 3 is 2.25 bits per heavy atom. The first-order valence-corrected chi connectivity index (χ1v) is 6.62. The van der Waals surface area contributed by atoms with Crippen LogP contribution >= 0.6 is 0 Å². The van der Waals surface area contributed by atoms with E-state index >= 15 is 0 Å². The Kier molecular flexibility index (Phi) is 4.92. The highest BCUT2D eigenvalue weighted by atomic mass is 16.5. The van der Waals surface area contributed by atoms with E-state index in [4.69, 9.17) is 4.74 Å². The van der Waals surface area contributed by atoms with Crippen molar-refractivity contribution in [1.29, 1.82) is 0 Å². The predicted octanol–water partition coefficient (Wildman–Crippen LogP) is 2.10. The van der Waals surface area contributed by atoms with Gasteiger partial charge in [-0.25, -0.2) is 14.8 Å². The van der Waals surface area contributed by atoms with E-state index < -0.39 is 6.04 Å². The van der Waals surface area contributed by atoms with Gasteiger partial charge in [-0.05, 0) is 13.8 Å². The van der Waals surface area contributed by atoms with Gasteiger partial charge < -0.3 is 15.4 Å². The Morgan fingerprint density at radius 1 is 1.25 bits per heavy atom. The van der Waals surface area contributed by atoms with E-state index in [9.17, 15) is 4.79 Å². The van der Waals surface area contributed by atoms with E-state index in [0.717, 1.165) is 11.4 Å². The molecule has 20 heavy (non-hydrogen) atoms. The molecular formula is C14H24N4O2. The van der Waals surface area contributed by atoms with E-state index in [2.05, 4.69) is 20.6 Å². The molecule has 0 amide bonds. The van der Waals surface area contributed by atoms with Crippen molar-refractivity contribution in [1.82, 2.24) is 9.97 Å². The number of hydrogen-bond donors (Lipinski definition) is 2. The van der Waals surface area contributed by atoms with Crippen molar-refractivity contribution in [2.24, 2.45) is 0 Å². The molecule has 0 saturated carbocycles. The molecule has 0 aliphatic rings. The summed E-state index contributed by atoms with van der Waals surface area (Å²) < 4.78 is 4.72. The molecule has 0 aliphatic carbocycles. The van der Waals surface area contributed by atoms with Crippen LogP contribution in [0.5, 0.6) is 0 Å². The van der Waals surface area contributed by atoms with E-state index in [-0.39, 0.29) is 11.4 Å². The van der Waals surface area contributed by atoms with Crippen LogP contribution in [0.3, 0.4) is 0 Å². The summed E-state index contributed by atoms with van der Waals surface area (Å²) in [6, 6.07) is -0.467. The van der Waals surface area contributed by atoms with Crippen molar-refractivity contribution < 1.29 is 9.53 Å². The average Bonchev–Trinajstić information content (AvgIpc) is 2.38. The second kappa shape index (κ2) is 6.07. The fourth-order valence-electron chi connectivity index (χ4n) is 1.68. The number of anilines is 2. The van der Waals surface area contributed by atoms with Gasteiger partial charge in [-0.3, -0.25) is 0 Å². The van der Waals surface area contributed by atoms with Crippen molar-refractivity contribution in [3.8, 4) is 0 Å². The summed E-state index contributed by atoms with van der Waals surface area (Å²) in [6.45, 7) is 9.79. The molecule has 1 heterocycles. The number of carbonyl (C=O) groups excluding carboxylic acids is 1. The minimum absolute atomic E-state index is 0.176. The van der Waals surface area contributed by atoms with Crippen molar-refractivity contribution in [3.05, 3.63) is 11.4 Å². The van der Waals surface area contributed by atoms with Gasteiger partial charge in [0.05, 0.1) is 7.11 Å². The number of carbonyl (C=O) groups is 1. The first-order chi connectivity index (χ1) is 9.20. The predicted molar refractivity (Wildman–Crippen MR) is 80.1 cm³/mol. The van der Waals surface area contributed by atoms with Crippen LogP contribution in [0.2, 0.25) is 0 Å². The van der Waals surface area contributed by atoms with Crippen molar-refractivity contribution in [2.45, 2.75) is 46.1 Å². The Morgan fingerprint density at radius 2 is 1.80 bits per heavy atom. The summed E-state index contributed by atoms with van der Waals surface area (Å²) >= 11 is 0. The number of nitrogens with zero attached hydrogens (tertiary/aromatic N) is 2. The normalized spacial score (nSPS) is 12.8. The van der Waals surface area contributed by atoms with Gasteiger partial charge in [-0.1, -0.05) is 20.8 Å². The fraction of sp³-hybridized carbons (Fsp3) is 0.643. The van der Waals surface area contributed by atoms with E-state index in [1.807, 2.05) is 34.7 Å². The minimum Gasteiger partial charge on any atom is -0.467 e. The molecule has 1 atom stereocenters. The summed E-state index contributed by atoms with van der Waals surface area (Å²) in [5.74, 6) is 1.79. The minimum atomic E-state index is -0.467. The van der Waals surface area contributed by atoms with Crippen molar-refractivity contribution >= 4 is 17.6 Å². The number of ether oxygens (including phenoxy) is 1. The Labute approximate surface area is 120 Å².